The molecule has 3 rings (SSSR count). The Balaban J connectivity index is 1.61. The third-order valence-electron chi connectivity index (χ3n) is 4.00. The summed E-state index contributed by atoms with van der Waals surface area (Å²) in [5.41, 5.74) is 0.798. The maximum absolute atomic E-state index is 14.4. The van der Waals surface area contributed by atoms with Crippen LogP contribution in [-0.4, -0.2) is 48.2 Å². The van der Waals surface area contributed by atoms with Crippen LogP contribution in [0.1, 0.15) is 27.7 Å². The Morgan fingerprint density at radius 2 is 2.11 bits per heavy atom. The van der Waals surface area contributed by atoms with Crippen LogP contribution in [0.3, 0.4) is 0 Å². The minimum Gasteiger partial charge on any atom is -0.467 e. The van der Waals surface area contributed by atoms with Crippen molar-refractivity contribution in [1.82, 2.24) is 15.3 Å². The van der Waals surface area contributed by atoms with Crippen LogP contribution in [0.15, 0.2) is 30.6 Å². The molecule has 1 aromatic carbocycles. The minimum atomic E-state index is -4.49. The van der Waals surface area contributed by atoms with Gasteiger partial charge >= 0.3 is 6.18 Å². The third kappa shape index (κ3) is 5.46. The molecule has 0 amide bonds. The zero-order chi connectivity index (χ0) is 20.1. The molecule has 2 heterocycles. The summed E-state index contributed by atoms with van der Waals surface area (Å²) >= 11 is 0. The van der Waals surface area contributed by atoms with Crippen LogP contribution in [0.5, 0.6) is 5.88 Å². The molecule has 1 saturated heterocycles. The molecule has 0 radical (unpaired) electrons. The number of carbonyl (C=O) groups is 1. The summed E-state index contributed by atoms with van der Waals surface area (Å²) in [6.45, 7) is 0.214. The van der Waals surface area contributed by atoms with Gasteiger partial charge in [-0.25, -0.2) is 14.4 Å². The van der Waals surface area contributed by atoms with Crippen LogP contribution < -0.4 is 10.1 Å². The topological polar surface area (TPSA) is 73.3 Å². The zero-order valence-corrected chi connectivity index (χ0v) is 14.6. The highest BCUT2D eigenvalue weighted by molar-refractivity contribution is 5.95. The number of ketones is 1. The minimum absolute atomic E-state index is 0.0522. The zero-order valence-electron chi connectivity index (χ0n) is 14.6. The lowest BCUT2D eigenvalue weighted by molar-refractivity contribution is -0.154. The lowest BCUT2D eigenvalue weighted by atomic mass is 10.0. The SMILES string of the molecule is O=C(Cc1ccc([C@@H]2CNCCO2)c(F)c1)c1cnc(OCC(F)(F)F)cn1. The number of Topliss-reactive ketones (excluding diaryl/α,β-unsaturated/α-hetero) is 1. The fraction of sp³-hybridized carbons (Fsp3) is 0.389. The fourth-order valence-electron chi connectivity index (χ4n) is 2.67. The Morgan fingerprint density at radius 1 is 1.29 bits per heavy atom. The van der Waals surface area contributed by atoms with E-state index in [-0.39, 0.29) is 24.1 Å². The average Bonchev–Trinajstić information content (AvgIpc) is 2.67. The maximum Gasteiger partial charge on any atom is 0.422 e. The van der Waals surface area contributed by atoms with E-state index in [1.165, 1.54) is 6.07 Å². The molecule has 6 nitrogen and oxygen atoms in total. The van der Waals surface area contributed by atoms with Gasteiger partial charge in [-0.2, -0.15) is 13.2 Å². The summed E-state index contributed by atoms with van der Waals surface area (Å²) in [5.74, 6) is -1.26. The van der Waals surface area contributed by atoms with E-state index in [1.54, 1.807) is 12.1 Å². The summed E-state index contributed by atoms with van der Waals surface area (Å²) in [4.78, 5) is 19.7. The molecule has 10 heteroatoms. The second-order valence-corrected chi connectivity index (χ2v) is 6.16. The number of carbonyl (C=O) groups excluding carboxylic acids is 1. The number of morpholine rings is 1. The molecule has 0 aliphatic carbocycles. The molecule has 1 N–H and O–H groups in total. The first-order chi connectivity index (χ1) is 13.3. The van der Waals surface area contributed by atoms with Crippen LogP contribution in [0.25, 0.3) is 0 Å². The van der Waals surface area contributed by atoms with Crippen molar-refractivity contribution in [1.29, 1.82) is 0 Å². The standard InChI is InChI=1S/C18H17F4N3O3/c19-13-5-11(1-2-12(13)16-8-23-3-4-27-16)6-15(26)14-7-25-17(9-24-14)28-10-18(20,21)22/h1-2,5,7,9,16,23H,3-4,6,8,10H2/t16-/m0/s1. The second kappa shape index (κ2) is 8.61. The van der Waals surface area contributed by atoms with Crippen LogP contribution in [-0.2, 0) is 11.2 Å². The third-order valence-corrected chi connectivity index (χ3v) is 4.00. The van der Waals surface area contributed by atoms with Crippen molar-refractivity contribution in [2.45, 2.75) is 18.7 Å². The van der Waals surface area contributed by atoms with Crippen molar-refractivity contribution in [2.24, 2.45) is 0 Å². The molecule has 1 aliphatic heterocycles. The quantitative estimate of drug-likeness (QED) is 0.595. The van der Waals surface area contributed by atoms with Gasteiger partial charge in [0.05, 0.1) is 25.1 Å². The molecule has 28 heavy (non-hydrogen) atoms. The van der Waals surface area contributed by atoms with Gasteiger partial charge in [-0.15, -0.1) is 0 Å². The van der Waals surface area contributed by atoms with Gasteiger partial charge < -0.3 is 14.8 Å². The molecule has 0 bridgehead atoms. The predicted molar refractivity (Wildman–Crippen MR) is 89.6 cm³/mol. The van der Waals surface area contributed by atoms with E-state index in [1.807, 2.05) is 0 Å². The van der Waals surface area contributed by atoms with Crippen molar-refractivity contribution < 1.29 is 31.8 Å². The highest BCUT2D eigenvalue weighted by Crippen LogP contribution is 2.23. The average molecular weight is 399 g/mol. The number of benzene rings is 1. The van der Waals surface area contributed by atoms with Crippen LogP contribution in [0.4, 0.5) is 17.6 Å². The second-order valence-electron chi connectivity index (χ2n) is 6.16. The molecular weight excluding hydrogens is 382 g/mol. The lowest BCUT2D eigenvalue weighted by Crippen LogP contribution is -2.33. The smallest absolute Gasteiger partial charge is 0.422 e. The van der Waals surface area contributed by atoms with Gasteiger partial charge in [0.15, 0.2) is 12.4 Å². The maximum atomic E-state index is 14.4. The summed E-state index contributed by atoms with van der Waals surface area (Å²) in [6, 6.07) is 4.47. The molecule has 2 aromatic rings. The number of alkyl halides is 3. The number of aromatic nitrogens is 2. The molecule has 0 spiro atoms. The van der Waals surface area contributed by atoms with Crippen LogP contribution in [0.2, 0.25) is 0 Å². The molecule has 150 valence electrons. The largest absolute Gasteiger partial charge is 0.467 e. The molecule has 1 atom stereocenters. The van der Waals surface area contributed by atoms with Gasteiger partial charge in [-0.1, -0.05) is 12.1 Å². The Bertz CT molecular complexity index is 822. The van der Waals surface area contributed by atoms with E-state index in [2.05, 4.69) is 20.0 Å². The summed E-state index contributed by atoms with van der Waals surface area (Å²) < 4.78 is 60.6. The van der Waals surface area contributed by atoms with Crippen molar-refractivity contribution in [3.63, 3.8) is 0 Å². The number of ether oxygens (including phenoxy) is 2. The molecule has 0 saturated carbocycles. The first kappa shape index (κ1) is 20.2. The van der Waals surface area contributed by atoms with Gasteiger partial charge in [0, 0.05) is 25.1 Å². The van der Waals surface area contributed by atoms with Crippen molar-refractivity contribution >= 4 is 5.78 Å². The number of hydrogen-bond donors (Lipinski definition) is 1. The van der Waals surface area contributed by atoms with E-state index in [9.17, 15) is 22.4 Å². The Hall–Kier alpha value is -2.59. The van der Waals surface area contributed by atoms with Gasteiger partial charge in [-0.05, 0) is 11.6 Å². The molecular formula is C18H17F4N3O3. The number of halogens is 4. The van der Waals surface area contributed by atoms with Crippen molar-refractivity contribution in [3.8, 4) is 5.88 Å². The highest BCUT2D eigenvalue weighted by Gasteiger charge is 2.28. The number of hydrogen-bond acceptors (Lipinski definition) is 6. The Labute approximate surface area is 157 Å². The Kier molecular flexibility index (Phi) is 6.20. The van der Waals surface area contributed by atoms with Crippen molar-refractivity contribution in [3.05, 3.63) is 53.2 Å². The fourth-order valence-corrected chi connectivity index (χ4v) is 2.67. The van der Waals surface area contributed by atoms with E-state index in [0.717, 1.165) is 12.4 Å². The molecule has 0 unspecified atom stereocenters. The summed E-state index contributed by atoms with van der Waals surface area (Å²) in [5, 5.41) is 3.12. The highest BCUT2D eigenvalue weighted by atomic mass is 19.4. The van der Waals surface area contributed by atoms with Gasteiger partial charge in [0.1, 0.15) is 11.5 Å². The van der Waals surface area contributed by atoms with E-state index in [4.69, 9.17) is 4.74 Å². The first-order valence-electron chi connectivity index (χ1n) is 8.47. The van der Waals surface area contributed by atoms with Gasteiger partial charge in [-0.3, -0.25) is 4.79 Å². The van der Waals surface area contributed by atoms with E-state index in [0.29, 0.717) is 30.8 Å². The van der Waals surface area contributed by atoms with Crippen LogP contribution >= 0.6 is 0 Å². The summed E-state index contributed by atoms with van der Waals surface area (Å²) in [6.07, 6.45) is -3.03. The molecule has 1 aliphatic rings. The number of nitrogens with zero attached hydrogens (tertiary/aromatic N) is 2. The molecule has 1 aromatic heterocycles. The normalized spacial score (nSPS) is 17.4. The monoisotopic (exact) mass is 399 g/mol. The Morgan fingerprint density at radius 3 is 2.71 bits per heavy atom. The number of rotatable bonds is 6. The predicted octanol–water partition coefficient (Wildman–Crippen LogP) is 2.64. The van der Waals surface area contributed by atoms with E-state index < -0.39 is 24.4 Å². The molecule has 1 fully saturated rings. The number of nitrogens with one attached hydrogen (secondary N) is 1. The van der Waals surface area contributed by atoms with E-state index >= 15 is 0 Å². The van der Waals surface area contributed by atoms with Crippen molar-refractivity contribution in [2.75, 3.05) is 26.3 Å². The first-order valence-corrected chi connectivity index (χ1v) is 8.47. The summed E-state index contributed by atoms with van der Waals surface area (Å²) in [7, 11) is 0. The van der Waals surface area contributed by atoms with Gasteiger partial charge in [0.25, 0.3) is 0 Å². The lowest BCUT2D eigenvalue weighted by Gasteiger charge is -2.24. The van der Waals surface area contributed by atoms with Crippen LogP contribution in [0, 0.1) is 5.82 Å². The van der Waals surface area contributed by atoms with Gasteiger partial charge in [0.2, 0.25) is 5.88 Å².